The van der Waals surface area contributed by atoms with E-state index in [0.29, 0.717) is 22.8 Å². The molecule has 1 unspecified atom stereocenters. The third kappa shape index (κ3) is 5.44. The molecule has 1 aliphatic heterocycles. The third-order valence-corrected chi connectivity index (χ3v) is 6.11. The Bertz CT molecular complexity index is 1370. The first-order chi connectivity index (χ1) is 18.0. The first-order valence-corrected chi connectivity index (χ1v) is 12.1. The number of hydrogen-bond acceptors (Lipinski definition) is 7. The summed E-state index contributed by atoms with van der Waals surface area (Å²) in [6, 6.07) is 17.4. The number of phenols is 1. The molecule has 38 heavy (non-hydrogen) atoms. The summed E-state index contributed by atoms with van der Waals surface area (Å²) < 4.78 is 16.6. The molecule has 1 heterocycles. The average molecular weight is 518 g/mol. The van der Waals surface area contributed by atoms with E-state index >= 15 is 0 Å². The van der Waals surface area contributed by atoms with Crippen LogP contribution in [0.2, 0.25) is 0 Å². The van der Waals surface area contributed by atoms with Crippen molar-refractivity contribution in [2.45, 2.75) is 39.0 Å². The second kappa shape index (κ2) is 10.5. The Labute approximate surface area is 221 Å². The van der Waals surface area contributed by atoms with Crippen molar-refractivity contribution in [3.63, 3.8) is 0 Å². The summed E-state index contributed by atoms with van der Waals surface area (Å²) in [6.45, 7) is 5.97. The van der Waals surface area contributed by atoms with Gasteiger partial charge in [-0.3, -0.25) is 9.59 Å². The van der Waals surface area contributed by atoms with Crippen molar-refractivity contribution in [2.24, 2.45) is 0 Å². The number of Topliss-reactive ketones (excluding diaryl/α,β-unsaturated/α-hetero) is 1. The SMILES string of the molecule is COc1ccc(OC)c(/C(O)=C2\C(=O)C(=O)N(Cc3ccc(OC(C)(C)C)cc3)C2c2ccc(O)cc2)c1. The number of phenolic OH excluding ortho intramolecular Hbond substituents is 1. The van der Waals surface area contributed by atoms with E-state index in [1.54, 1.807) is 30.3 Å². The van der Waals surface area contributed by atoms with Gasteiger partial charge in [0.25, 0.3) is 11.7 Å². The van der Waals surface area contributed by atoms with E-state index < -0.39 is 17.7 Å². The summed E-state index contributed by atoms with van der Waals surface area (Å²) >= 11 is 0. The van der Waals surface area contributed by atoms with E-state index in [-0.39, 0.29) is 34.8 Å². The van der Waals surface area contributed by atoms with Gasteiger partial charge in [0.15, 0.2) is 0 Å². The summed E-state index contributed by atoms with van der Waals surface area (Å²) in [6.07, 6.45) is 0. The molecule has 3 aromatic rings. The zero-order valence-corrected chi connectivity index (χ0v) is 22.0. The Morgan fingerprint density at radius 1 is 0.895 bits per heavy atom. The minimum Gasteiger partial charge on any atom is -0.508 e. The lowest BCUT2D eigenvalue weighted by molar-refractivity contribution is -0.140. The van der Waals surface area contributed by atoms with Crippen molar-refractivity contribution in [2.75, 3.05) is 14.2 Å². The third-order valence-electron chi connectivity index (χ3n) is 6.11. The smallest absolute Gasteiger partial charge is 0.295 e. The van der Waals surface area contributed by atoms with Crippen LogP contribution in [-0.4, -0.2) is 46.6 Å². The van der Waals surface area contributed by atoms with Crippen LogP contribution in [0.1, 0.15) is 43.5 Å². The fraction of sp³-hybridized carbons (Fsp3) is 0.267. The second-order valence-electron chi connectivity index (χ2n) is 9.94. The monoisotopic (exact) mass is 517 g/mol. The van der Waals surface area contributed by atoms with Crippen molar-refractivity contribution in [3.05, 3.63) is 89.0 Å². The molecule has 1 aliphatic rings. The first kappa shape index (κ1) is 26.6. The van der Waals surface area contributed by atoms with Gasteiger partial charge in [-0.1, -0.05) is 24.3 Å². The molecule has 2 N–H and O–H groups in total. The maximum atomic E-state index is 13.4. The molecular formula is C30H31NO7. The zero-order chi connectivity index (χ0) is 27.6. The van der Waals surface area contributed by atoms with Gasteiger partial charge in [0.1, 0.15) is 34.4 Å². The molecular weight excluding hydrogens is 486 g/mol. The van der Waals surface area contributed by atoms with Gasteiger partial charge >= 0.3 is 0 Å². The van der Waals surface area contributed by atoms with Crippen molar-refractivity contribution in [1.82, 2.24) is 4.90 Å². The maximum absolute atomic E-state index is 13.4. The van der Waals surface area contributed by atoms with Crippen LogP contribution in [0.5, 0.6) is 23.0 Å². The van der Waals surface area contributed by atoms with Crippen molar-refractivity contribution >= 4 is 17.4 Å². The number of ketones is 1. The quantitative estimate of drug-likeness (QED) is 0.252. The summed E-state index contributed by atoms with van der Waals surface area (Å²) in [7, 11) is 2.93. The molecule has 1 saturated heterocycles. The lowest BCUT2D eigenvalue weighted by Gasteiger charge is -2.26. The molecule has 1 fully saturated rings. The largest absolute Gasteiger partial charge is 0.508 e. The van der Waals surface area contributed by atoms with Gasteiger partial charge in [-0.05, 0) is 74.4 Å². The number of aromatic hydroxyl groups is 1. The summed E-state index contributed by atoms with van der Waals surface area (Å²) in [5, 5.41) is 21.3. The molecule has 0 bridgehead atoms. The zero-order valence-electron chi connectivity index (χ0n) is 22.0. The standard InChI is InChI=1S/C30H31NO7/c1-30(2,3)38-21-12-6-18(7-13-21)17-31-26(19-8-10-20(32)11-9-19)25(28(34)29(31)35)27(33)23-16-22(36-4)14-15-24(23)37-5/h6-16,26,32-33H,17H2,1-5H3/b27-25+. The lowest BCUT2D eigenvalue weighted by atomic mass is 9.94. The van der Waals surface area contributed by atoms with E-state index in [1.165, 1.54) is 31.3 Å². The molecule has 1 amide bonds. The molecule has 3 aromatic carbocycles. The van der Waals surface area contributed by atoms with E-state index in [2.05, 4.69) is 0 Å². The molecule has 0 saturated carbocycles. The number of carbonyl (C=O) groups excluding carboxylic acids is 2. The normalized spacial score (nSPS) is 17.0. The fourth-order valence-electron chi connectivity index (χ4n) is 4.40. The van der Waals surface area contributed by atoms with E-state index in [4.69, 9.17) is 14.2 Å². The highest BCUT2D eigenvalue weighted by atomic mass is 16.5. The highest BCUT2D eigenvalue weighted by Crippen LogP contribution is 2.42. The predicted octanol–water partition coefficient (Wildman–Crippen LogP) is 5.21. The molecule has 0 radical (unpaired) electrons. The number of rotatable bonds is 7. The highest BCUT2D eigenvalue weighted by molar-refractivity contribution is 6.46. The van der Waals surface area contributed by atoms with E-state index in [0.717, 1.165) is 5.56 Å². The van der Waals surface area contributed by atoms with E-state index in [1.807, 2.05) is 45.0 Å². The molecule has 8 heteroatoms. The number of aliphatic hydroxyl groups is 1. The van der Waals surface area contributed by atoms with Gasteiger partial charge in [0.2, 0.25) is 0 Å². The van der Waals surface area contributed by atoms with Crippen LogP contribution in [-0.2, 0) is 16.1 Å². The number of amides is 1. The number of aliphatic hydroxyl groups excluding tert-OH is 1. The van der Waals surface area contributed by atoms with Gasteiger partial charge in [-0.2, -0.15) is 0 Å². The molecule has 1 atom stereocenters. The molecule has 4 rings (SSSR count). The molecule has 0 spiro atoms. The minimum atomic E-state index is -0.906. The molecule has 8 nitrogen and oxygen atoms in total. The van der Waals surface area contributed by atoms with Crippen LogP contribution in [0.15, 0.2) is 72.3 Å². The minimum absolute atomic E-state index is 0.0367. The summed E-state index contributed by atoms with van der Waals surface area (Å²) in [4.78, 5) is 28.1. The maximum Gasteiger partial charge on any atom is 0.295 e. The summed E-state index contributed by atoms with van der Waals surface area (Å²) in [5.41, 5.74) is 1.10. The van der Waals surface area contributed by atoms with Gasteiger partial charge in [0.05, 0.1) is 31.4 Å². The Hall–Kier alpha value is -4.46. The lowest BCUT2D eigenvalue weighted by Crippen LogP contribution is -2.29. The molecule has 198 valence electrons. The van der Waals surface area contributed by atoms with Crippen LogP contribution in [0.25, 0.3) is 5.76 Å². The Kier molecular flexibility index (Phi) is 7.35. The van der Waals surface area contributed by atoms with Crippen molar-refractivity contribution in [1.29, 1.82) is 0 Å². The number of carbonyl (C=O) groups is 2. The van der Waals surface area contributed by atoms with Gasteiger partial charge < -0.3 is 29.3 Å². The van der Waals surface area contributed by atoms with Crippen molar-refractivity contribution in [3.8, 4) is 23.0 Å². The second-order valence-corrected chi connectivity index (χ2v) is 9.94. The van der Waals surface area contributed by atoms with E-state index in [9.17, 15) is 19.8 Å². The first-order valence-electron chi connectivity index (χ1n) is 12.1. The topological polar surface area (TPSA) is 106 Å². The number of ether oxygens (including phenoxy) is 3. The summed E-state index contributed by atoms with van der Waals surface area (Å²) in [5.74, 6) is -0.472. The molecule has 0 aliphatic carbocycles. The number of methoxy groups -OCH3 is 2. The average Bonchev–Trinajstić information content (AvgIpc) is 3.13. The highest BCUT2D eigenvalue weighted by Gasteiger charge is 2.46. The van der Waals surface area contributed by atoms with Crippen LogP contribution in [0.3, 0.4) is 0 Å². The number of benzene rings is 3. The van der Waals surface area contributed by atoms with Gasteiger partial charge in [-0.15, -0.1) is 0 Å². The fourth-order valence-corrected chi connectivity index (χ4v) is 4.40. The number of likely N-dealkylation sites (tertiary alicyclic amines) is 1. The molecule has 0 aromatic heterocycles. The van der Waals surface area contributed by atoms with Crippen LogP contribution < -0.4 is 14.2 Å². The van der Waals surface area contributed by atoms with Gasteiger partial charge in [-0.25, -0.2) is 0 Å². The number of hydrogen-bond donors (Lipinski definition) is 2. The van der Waals surface area contributed by atoms with Crippen LogP contribution in [0, 0.1) is 0 Å². The number of nitrogens with zero attached hydrogens (tertiary/aromatic N) is 1. The van der Waals surface area contributed by atoms with Gasteiger partial charge in [0, 0.05) is 6.54 Å². The Balaban J connectivity index is 1.81. The Morgan fingerprint density at radius 2 is 1.53 bits per heavy atom. The Morgan fingerprint density at radius 3 is 2.11 bits per heavy atom. The van der Waals surface area contributed by atoms with Crippen LogP contribution >= 0.6 is 0 Å². The predicted molar refractivity (Wildman–Crippen MR) is 142 cm³/mol. The van der Waals surface area contributed by atoms with Crippen molar-refractivity contribution < 1.29 is 34.0 Å². The van der Waals surface area contributed by atoms with Crippen LogP contribution in [0.4, 0.5) is 0 Å².